The molecule has 0 saturated carbocycles. The molecule has 0 unspecified atom stereocenters. The number of unbranched alkanes of at least 4 members (excludes halogenated alkanes) is 2. The maximum atomic E-state index is 11.4. The van der Waals surface area contributed by atoms with E-state index in [0.29, 0.717) is 0 Å². The minimum Gasteiger partial charge on any atom is -0.425 e. The van der Waals surface area contributed by atoms with Crippen LogP contribution in [-0.4, -0.2) is 9.94 Å². The lowest BCUT2D eigenvalue weighted by Gasteiger charge is -2.08. The van der Waals surface area contributed by atoms with Gasteiger partial charge in [-0.3, -0.25) is 4.79 Å². The van der Waals surface area contributed by atoms with E-state index < -0.39 is 0 Å². The molecule has 17 heavy (non-hydrogen) atoms. The quantitative estimate of drug-likeness (QED) is 0.610. The molecular weight excluding hydrogens is 214 g/mol. The van der Waals surface area contributed by atoms with Crippen molar-refractivity contribution in [3.63, 3.8) is 0 Å². The summed E-state index contributed by atoms with van der Waals surface area (Å²) in [6.07, 6.45) is 5.42. The molecule has 0 radical (unpaired) electrons. The zero-order valence-corrected chi connectivity index (χ0v) is 11.1. The molecule has 1 aromatic heterocycles. The van der Waals surface area contributed by atoms with Crippen molar-refractivity contribution in [2.75, 3.05) is 0 Å². The molecule has 0 aliphatic heterocycles. The molecular formula is C14H23NO2. The second kappa shape index (κ2) is 6.48. The van der Waals surface area contributed by atoms with Crippen molar-refractivity contribution in [2.24, 2.45) is 5.92 Å². The Kier molecular flexibility index (Phi) is 5.26. The summed E-state index contributed by atoms with van der Waals surface area (Å²) in [5.41, 5.74) is 1.30. The van der Waals surface area contributed by atoms with Crippen LogP contribution in [0.25, 0.3) is 0 Å². The van der Waals surface area contributed by atoms with Crippen LogP contribution in [0.4, 0.5) is 0 Å². The van der Waals surface area contributed by atoms with E-state index in [9.17, 15) is 10.0 Å². The zero-order chi connectivity index (χ0) is 12.8. The first kappa shape index (κ1) is 13.8. The van der Waals surface area contributed by atoms with E-state index in [1.807, 2.05) is 13.0 Å². The fourth-order valence-electron chi connectivity index (χ4n) is 1.98. The standard InChI is InChI=1S/C14H23NO2/c1-11(2)7-5-4-6-8-13-9-12(3)10-14(16)15(13)17/h9-11,17H,4-8H2,1-3H3. The van der Waals surface area contributed by atoms with Gasteiger partial charge in [-0.2, -0.15) is 4.73 Å². The molecule has 0 spiro atoms. The Morgan fingerprint density at radius 3 is 2.59 bits per heavy atom. The molecule has 0 amide bonds. The van der Waals surface area contributed by atoms with Crippen LogP contribution >= 0.6 is 0 Å². The second-order valence-corrected chi connectivity index (χ2v) is 5.17. The fourth-order valence-corrected chi connectivity index (χ4v) is 1.98. The topological polar surface area (TPSA) is 42.2 Å². The van der Waals surface area contributed by atoms with Crippen LogP contribution < -0.4 is 5.56 Å². The summed E-state index contributed by atoms with van der Waals surface area (Å²) < 4.78 is 0.773. The van der Waals surface area contributed by atoms with Gasteiger partial charge < -0.3 is 5.21 Å². The van der Waals surface area contributed by atoms with E-state index in [2.05, 4.69) is 13.8 Å². The van der Waals surface area contributed by atoms with Gasteiger partial charge >= 0.3 is 0 Å². The smallest absolute Gasteiger partial charge is 0.283 e. The minimum absolute atomic E-state index is 0.331. The van der Waals surface area contributed by atoms with Crippen LogP contribution in [0.1, 0.15) is 50.8 Å². The van der Waals surface area contributed by atoms with Gasteiger partial charge in [0.25, 0.3) is 5.56 Å². The molecule has 1 heterocycles. The average Bonchev–Trinajstić information content (AvgIpc) is 2.23. The second-order valence-electron chi connectivity index (χ2n) is 5.17. The highest BCUT2D eigenvalue weighted by atomic mass is 16.5. The predicted molar refractivity (Wildman–Crippen MR) is 69.6 cm³/mol. The molecule has 0 aromatic carbocycles. The van der Waals surface area contributed by atoms with Gasteiger partial charge in [-0.15, -0.1) is 0 Å². The van der Waals surface area contributed by atoms with E-state index >= 15 is 0 Å². The Morgan fingerprint density at radius 1 is 1.24 bits per heavy atom. The lowest BCUT2D eigenvalue weighted by molar-refractivity contribution is 0.164. The Labute approximate surface area is 103 Å². The Morgan fingerprint density at radius 2 is 1.94 bits per heavy atom. The highest BCUT2D eigenvalue weighted by molar-refractivity contribution is 5.15. The Balaban J connectivity index is 2.44. The van der Waals surface area contributed by atoms with E-state index in [1.165, 1.54) is 18.9 Å². The first-order chi connectivity index (χ1) is 8.00. The average molecular weight is 237 g/mol. The van der Waals surface area contributed by atoms with Gasteiger partial charge in [0.15, 0.2) is 0 Å². The third-order valence-electron chi connectivity index (χ3n) is 2.94. The van der Waals surface area contributed by atoms with Crippen molar-refractivity contribution in [3.05, 3.63) is 33.7 Å². The summed E-state index contributed by atoms with van der Waals surface area (Å²) >= 11 is 0. The van der Waals surface area contributed by atoms with Gasteiger partial charge in [0.05, 0.1) is 5.69 Å². The van der Waals surface area contributed by atoms with Crippen molar-refractivity contribution in [3.8, 4) is 0 Å². The van der Waals surface area contributed by atoms with Gasteiger partial charge in [0, 0.05) is 6.07 Å². The lowest BCUT2D eigenvalue weighted by atomic mass is 10.0. The Bertz CT molecular complexity index is 407. The van der Waals surface area contributed by atoms with Crippen molar-refractivity contribution < 1.29 is 5.21 Å². The molecule has 1 aromatic rings. The molecule has 96 valence electrons. The summed E-state index contributed by atoms with van der Waals surface area (Å²) in [5, 5.41) is 9.57. The molecule has 0 aliphatic rings. The summed E-state index contributed by atoms with van der Waals surface area (Å²) in [6, 6.07) is 3.33. The number of aryl methyl sites for hydroxylation is 2. The number of aromatic nitrogens is 1. The van der Waals surface area contributed by atoms with E-state index in [1.54, 1.807) is 0 Å². The number of hydrogen-bond acceptors (Lipinski definition) is 2. The summed E-state index contributed by atoms with van der Waals surface area (Å²) in [4.78, 5) is 11.4. The predicted octanol–water partition coefficient (Wildman–Crippen LogP) is 3.15. The van der Waals surface area contributed by atoms with E-state index in [0.717, 1.165) is 41.2 Å². The highest BCUT2D eigenvalue weighted by Crippen LogP contribution is 2.11. The molecule has 0 fully saturated rings. The molecule has 3 heteroatoms. The van der Waals surface area contributed by atoms with Crippen LogP contribution in [0.3, 0.4) is 0 Å². The fraction of sp³-hybridized carbons (Fsp3) is 0.643. The maximum absolute atomic E-state index is 11.4. The third kappa shape index (κ3) is 4.63. The van der Waals surface area contributed by atoms with Crippen LogP contribution in [0.5, 0.6) is 0 Å². The maximum Gasteiger partial charge on any atom is 0.283 e. The normalized spacial score (nSPS) is 11.1. The van der Waals surface area contributed by atoms with Gasteiger partial charge in [0.1, 0.15) is 0 Å². The first-order valence-electron chi connectivity index (χ1n) is 6.42. The number of pyridine rings is 1. The SMILES string of the molecule is Cc1cc(CCCCCC(C)C)n(O)c(=O)c1. The van der Waals surface area contributed by atoms with Gasteiger partial charge in [-0.1, -0.05) is 33.1 Å². The number of hydrogen-bond donors (Lipinski definition) is 1. The van der Waals surface area contributed by atoms with Crippen molar-refractivity contribution in [2.45, 2.75) is 52.9 Å². The number of rotatable bonds is 6. The lowest BCUT2D eigenvalue weighted by Crippen LogP contribution is -2.20. The van der Waals surface area contributed by atoms with Gasteiger partial charge in [0.2, 0.25) is 0 Å². The summed E-state index contributed by atoms with van der Waals surface area (Å²) in [6.45, 7) is 6.33. The first-order valence-corrected chi connectivity index (χ1v) is 6.42. The molecule has 0 aliphatic carbocycles. The van der Waals surface area contributed by atoms with Crippen LogP contribution in [-0.2, 0) is 6.42 Å². The molecule has 0 atom stereocenters. The Hall–Kier alpha value is -1.25. The molecule has 1 rings (SSSR count). The molecule has 1 N–H and O–H groups in total. The van der Waals surface area contributed by atoms with Crippen molar-refractivity contribution in [1.29, 1.82) is 0 Å². The molecule has 0 bridgehead atoms. The zero-order valence-electron chi connectivity index (χ0n) is 11.1. The number of nitrogens with zero attached hydrogens (tertiary/aromatic N) is 1. The van der Waals surface area contributed by atoms with Crippen LogP contribution in [0, 0.1) is 12.8 Å². The summed E-state index contributed by atoms with van der Waals surface area (Å²) in [5.74, 6) is 0.755. The largest absolute Gasteiger partial charge is 0.425 e. The molecule has 3 nitrogen and oxygen atoms in total. The van der Waals surface area contributed by atoms with Crippen molar-refractivity contribution >= 4 is 0 Å². The summed E-state index contributed by atoms with van der Waals surface area (Å²) in [7, 11) is 0. The van der Waals surface area contributed by atoms with Crippen LogP contribution in [0.2, 0.25) is 0 Å². The van der Waals surface area contributed by atoms with E-state index in [4.69, 9.17) is 0 Å². The van der Waals surface area contributed by atoms with Crippen molar-refractivity contribution in [1.82, 2.24) is 4.73 Å². The van der Waals surface area contributed by atoms with Gasteiger partial charge in [-0.25, -0.2) is 0 Å². The minimum atomic E-state index is -0.331. The van der Waals surface area contributed by atoms with E-state index in [-0.39, 0.29) is 5.56 Å². The monoisotopic (exact) mass is 237 g/mol. The van der Waals surface area contributed by atoms with Crippen LogP contribution in [0.15, 0.2) is 16.9 Å². The highest BCUT2D eigenvalue weighted by Gasteiger charge is 2.03. The van der Waals surface area contributed by atoms with Gasteiger partial charge in [-0.05, 0) is 37.3 Å². The molecule has 0 saturated heterocycles. The third-order valence-corrected chi connectivity index (χ3v) is 2.94.